The van der Waals surface area contributed by atoms with Gasteiger partial charge in [0, 0.05) is 5.02 Å². The zero-order valence-electron chi connectivity index (χ0n) is 10.2. The van der Waals surface area contributed by atoms with Gasteiger partial charge in [0.05, 0.1) is 0 Å². The third-order valence-corrected chi connectivity index (χ3v) is 3.69. The molecule has 0 heterocycles. The van der Waals surface area contributed by atoms with E-state index in [1.807, 2.05) is 6.07 Å². The standard InChI is InChI=1S/C14H21Cl/c1-5-10(3)12-7-8-14(15)13(9-12)11(4)6-2/h7-11H,5-6H2,1-4H3. The van der Waals surface area contributed by atoms with Gasteiger partial charge in [0.25, 0.3) is 0 Å². The predicted molar refractivity (Wildman–Crippen MR) is 68.9 cm³/mol. The van der Waals surface area contributed by atoms with E-state index in [9.17, 15) is 0 Å². The highest BCUT2D eigenvalue weighted by atomic mass is 35.5. The van der Waals surface area contributed by atoms with E-state index in [0.29, 0.717) is 11.8 Å². The fourth-order valence-electron chi connectivity index (χ4n) is 1.70. The molecule has 2 unspecified atom stereocenters. The van der Waals surface area contributed by atoms with E-state index in [2.05, 4.69) is 39.8 Å². The largest absolute Gasteiger partial charge is 0.0840 e. The summed E-state index contributed by atoms with van der Waals surface area (Å²) in [6.07, 6.45) is 2.32. The summed E-state index contributed by atoms with van der Waals surface area (Å²) in [7, 11) is 0. The van der Waals surface area contributed by atoms with Crippen molar-refractivity contribution in [3.8, 4) is 0 Å². The van der Waals surface area contributed by atoms with Crippen LogP contribution in [0, 0.1) is 0 Å². The van der Waals surface area contributed by atoms with Crippen LogP contribution in [-0.2, 0) is 0 Å². The van der Waals surface area contributed by atoms with E-state index < -0.39 is 0 Å². The highest BCUT2D eigenvalue weighted by Crippen LogP contribution is 2.30. The summed E-state index contributed by atoms with van der Waals surface area (Å²) in [5.74, 6) is 1.19. The molecule has 0 spiro atoms. The molecule has 84 valence electrons. The SMILES string of the molecule is CCC(C)c1ccc(Cl)c(C(C)CC)c1. The van der Waals surface area contributed by atoms with Crippen LogP contribution < -0.4 is 0 Å². The van der Waals surface area contributed by atoms with E-state index in [1.54, 1.807) is 0 Å². The van der Waals surface area contributed by atoms with Crippen LogP contribution in [0.2, 0.25) is 5.02 Å². The van der Waals surface area contributed by atoms with E-state index in [-0.39, 0.29) is 0 Å². The second-order valence-electron chi connectivity index (χ2n) is 4.40. The molecule has 0 N–H and O–H groups in total. The van der Waals surface area contributed by atoms with Crippen molar-refractivity contribution in [1.29, 1.82) is 0 Å². The molecule has 0 fully saturated rings. The first-order chi connectivity index (χ1) is 7.10. The van der Waals surface area contributed by atoms with Gasteiger partial charge in [-0.05, 0) is 41.9 Å². The van der Waals surface area contributed by atoms with Gasteiger partial charge in [-0.3, -0.25) is 0 Å². The molecule has 0 aliphatic rings. The molecule has 0 aromatic heterocycles. The Bertz CT molecular complexity index is 317. The average Bonchev–Trinajstić information content (AvgIpc) is 2.27. The lowest BCUT2D eigenvalue weighted by molar-refractivity contribution is 0.711. The maximum absolute atomic E-state index is 6.22. The fraction of sp³-hybridized carbons (Fsp3) is 0.571. The summed E-state index contributed by atoms with van der Waals surface area (Å²) in [4.78, 5) is 0. The van der Waals surface area contributed by atoms with Crippen molar-refractivity contribution in [2.24, 2.45) is 0 Å². The first-order valence-corrected chi connectivity index (χ1v) is 6.27. The van der Waals surface area contributed by atoms with Crippen LogP contribution in [0.3, 0.4) is 0 Å². The van der Waals surface area contributed by atoms with Crippen molar-refractivity contribution < 1.29 is 0 Å². The lowest BCUT2D eigenvalue weighted by atomic mass is 9.92. The van der Waals surface area contributed by atoms with Gasteiger partial charge in [-0.1, -0.05) is 51.4 Å². The monoisotopic (exact) mass is 224 g/mol. The summed E-state index contributed by atoms with van der Waals surface area (Å²) >= 11 is 6.22. The van der Waals surface area contributed by atoms with Crippen LogP contribution in [0.15, 0.2) is 18.2 Å². The molecular weight excluding hydrogens is 204 g/mol. The van der Waals surface area contributed by atoms with Crippen molar-refractivity contribution in [3.05, 3.63) is 34.3 Å². The maximum Gasteiger partial charge on any atom is 0.0440 e. The topological polar surface area (TPSA) is 0 Å². The second kappa shape index (κ2) is 5.55. The molecule has 1 heteroatoms. The predicted octanol–water partition coefficient (Wildman–Crippen LogP) is 5.37. The van der Waals surface area contributed by atoms with Crippen LogP contribution >= 0.6 is 11.6 Å². The molecule has 2 atom stereocenters. The Balaban J connectivity index is 3.05. The quantitative estimate of drug-likeness (QED) is 0.645. The van der Waals surface area contributed by atoms with Crippen LogP contribution in [0.4, 0.5) is 0 Å². The maximum atomic E-state index is 6.22. The van der Waals surface area contributed by atoms with Crippen LogP contribution in [0.25, 0.3) is 0 Å². The zero-order chi connectivity index (χ0) is 11.4. The van der Waals surface area contributed by atoms with Crippen molar-refractivity contribution in [2.75, 3.05) is 0 Å². The molecule has 1 rings (SSSR count). The molecule has 0 nitrogen and oxygen atoms in total. The van der Waals surface area contributed by atoms with E-state index >= 15 is 0 Å². The Kier molecular flexibility index (Phi) is 4.66. The Hall–Kier alpha value is -0.490. The molecule has 0 bridgehead atoms. The van der Waals surface area contributed by atoms with Crippen molar-refractivity contribution in [3.63, 3.8) is 0 Å². The normalized spacial score (nSPS) is 15.0. The minimum atomic E-state index is 0.557. The van der Waals surface area contributed by atoms with E-state index in [0.717, 1.165) is 11.4 Å². The molecule has 0 aliphatic heterocycles. The smallest absolute Gasteiger partial charge is 0.0440 e. The molecule has 1 aromatic rings. The van der Waals surface area contributed by atoms with Crippen LogP contribution in [-0.4, -0.2) is 0 Å². The first kappa shape index (κ1) is 12.6. The third-order valence-electron chi connectivity index (χ3n) is 3.34. The number of hydrogen-bond acceptors (Lipinski definition) is 0. The van der Waals surface area contributed by atoms with Gasteiger partial charge in [0.1, 0.15) is 0 Å². The molecule has 0 amide bonds. The van der Waals surface area contributed by atoms with Gasteiger partial charge < -0.3 is 0 Å². The first-order valence-electron chi connectivity index (χ1n) is 5.89. The summed E-state index contributed by atoms with van der Waals surface area (Å²) in [6.45, 7) is 8.93. The van der Waals surface area contributed by atoms with Crippen LogP contribution in [0.5, 0.6) is 0 Å². The van der Waals surface area contributed by atoms with E-state index in [4.69, 9.17) is 11.6 Å². The molecule has 1 aromatic carbocycles. The number of halogens is 1. The summed E-state index contributed by atoms with van der Waals surface area (Å²) in [6, 6.07) is 6.48. The summed E-state index contributed by atoms with van der Waals surface area (Å²) in [5, 5.41) is 0.913. The number of benzene rings is 1. The second-order valence-corrected chi connectivity index (χ2v) is 4.81. The van der Waals surface area contributed by atoms with Crippen molar-refractivity contribution in [2.45, 2.75) is 52.4 Å². The summed E-state index contributed by atoms with van der Waals surface area (Å²) < 4.78 is 0. The fourth-order valence-corrected chi connectivity index (χ4v) is 2.01. The van der Waals surface area contributed by atoms with Gasteiger partial charge in [0.2, 0.25) is 0 Å². The van der Waals surface area contributed by atoms with Gasteiger partial charge >= 0.3 is 0 Å². The number of hydrogen-bond donors (Lipinski definition) is 0. The third kappa shape index (κ3) is 2.98. The molecule has 15 heavy (non-hydrogen) atoms. The zero-order valence-corrected chi connectivity index (χ0v) is 10.9. The minimum absolute atomic E-state index is 0.557. The summed E-state index contributed by atoms with van der Waals surface area (Å²) in [5.41, 5.74) is 2.72. The Morgan fingerprint density at radius 1 is 1.07 bits per heavy atom. The Morgan fingerprint density at radius 2 is 1.67 bits per heavy atom. The van der Waals surface area contributed by atoms with Gasteiger partial charge in [-0.15, -0.1) is 0 Å². The van der Waals surface area contributed by atoms with Crippen molar-refractivity contribution in [1.82, 2.24) is 0 Å². The highest BCUT2D eigenvalue weighted by Gasteiger charge is 2.10. The lowest BCUT2D eigenvalue weighted by Gasteiger charge is -2.16. The van der Waals surface area contributed by atoms with Crippen LogP contribution in [0.1, 0.15) is 63.5 Å². The van der Waals surface area contributed by atoms with Crippen molar-refractivity contribution >= 4 is 11.6 Å². The Morgan fingerprint density at radius 3 is 2.20 bits per heavy atom. The number of rotatable bonds is 4. The van der Waals surface area contributed by atoms with Gasteiger partial charge in [0.15, 0.2) is 0 Å². The molecule has 0 saturated carbocycles. The molecule has 0 radical (unpaired) electrons. The highest BCUT2D eigenvalue weighted by molar-refractivity contribution is 6.31. The Labute approximate surface area is 98.7 Å². The van der Waals surface area contributed by atoms with E-state index in [1.165, 1.54) is 17.5 Å². The molecule has 0 saturated heterocycles. The van der Waals surface area contributed by atoms with Gasteiger partial charge in [-0.2, -0.15) is 0 Å². The molecule has 0 aliphatic carbocycles. The van der Waals surface area contributed by atoms with Gasteiger partial charge in [-0.25, -0.2) is 0 Å². The lowest BCUT2D eigenvalue weighted by Crippen LogP contribution is -1.97. The molecular formula is C14H21Cl. The average molecular weight is 225 g/mol. The minimum Gasteiger partial charge on any atom is -0.0840 e.